The number of rotatable bonds is 6. The molecule has 1 aliphatic heterocycles. The third kappa shape index (κ3) is 4.87. The highest BCUT2D eigenvalue weighted by atomic mass is 32.2. The van der Waals surface area contributed by atoms with Gasteiger partial charge in [-0.2, -0.15) is 0 Å². The second-order valence-corrected chi connectivity index (χ2v) is 7.84. The number of nitrogens with two attached hydrogens (primary N) is 1. The van der Waals surface area contributed by atoms with Crippen LogP contribution < -0.4 is 10.6 Å². The summed E-state index contributed by atoms with van der Waals surface area (Å²) in [4.78, 5) is 12.7. The summed E-state index contributed by atoms with van der Waals surface area (Å²) in [5.41, 5.74) is 2.95. The first kappa shape index (κ1) is 18.6. The smallest absolute Gasteiger partial charge is 0.295 e. The van der Waals surface area contributed by atoms with Crippen LogP contribution in [0.5, 0.6) is 0 Å². The monoisotopic (exact) mass is 357 g/mol. The van der Waals surface area contributed by atoms with E-state index in [-0.39, 0.29) is 16.3 Å². The highest BCUT2D eigenvalue weighted by molar-refractivity contribution is 7.89. The number of benzene rings is 1. The van der Waals surface area contributed by atoms with Crippen LogP contribution in [0.3, 0.4) is 0 Å². The maximum atomic E-state index is 11.4. The largest absolute Gasteiger partial charge is 0.313 e. The van der Waals surface area contributed by atoms with Gasteiger partial charge in [0.1, 0.15) is 5.69 Å². The Morgan fingerprint density at radius 3 is 2.42 bits per heavy atom. The SMILES string of the molecule is CC(C)CN1CCN(Nc2ccc(S(N)(=O)=O)cc2[N+](=O)[O-])CC1. The molecule has 0 amide bonds. The number of nitro groups is 1. The second-order valence-electron chi connectivity index (χ2n) is 6.27. The van der Waals surface area contributed by atoms with Crippen LogP contribution in [-0.2, 0) is 10.0 Å². The van der Waals surface area contributed by atoms with Crippen molar-refractivity contribution in [3.8, 4) is 0 Å². The molecule has 134 valence electrons. The maximum absolute atomic E-state index is 11.4. The van der Waals surface area contributed by atoms with Crippen molar-refractivity contribution in [3.63, 3.8) is 0 Å². The van der Waals surface area contributed by atoms with Crippen molar-refractivity contribution >= 4 is 21.4 Å². The highest BCUT2D eigenvalue weighted by Crippen LogP contribution is 2.27. The van der Waals surface area contributed by atoms with Crippen molar-refractivity contribution in [2.75, 3.05) is 38.1 Å². The van der Waals surface area contributed by atoms with Gasteiger partial charge in [0.05, 0.1) is 9.82 Å². The van der Waals surface area contributed by atoms with Crippen LogP contribution in [0.1, 0.15) is 13.8 Å². The molecule has 0 aliphatic carbocycles. The first-order chi connectivity index (χ1) is 11.2. The number of nitro benzene ring substituents is 1. The van der Waals surface area contributed by atoms with Gasteiger partial charge in [0.15, 0.2) is 0 Å². The number of piperazine rings is 1. The Balaban J connectivity index is 2.09. The Morgan fingerprint density at radius 2 is 1.92 bits per heavy atom. The Bertz CT molecular complexity index is 699. The predicted molar refractivity (Wildman–Crippen MR) is 90.9 cm³/mol. The van der Waals surface area contributed by atoms with E-state index in [2.05, 4.69) is 24.2 Å². The summed E-state index contributed by atoms with van der Waals surface area (Å²) < 4.78 is 22.7. The predicted octanol–water partition coefficient (Wildman–Crippen LogP) is 0.843. The third-order valence-electron chi connectivity index (χ3n) is 3.77. The number of anilines is 1. The van der Waals surface area contributed by atoms with E-state index >= 15 is 0 Å². The fraction of sp³-hybridized carbons (Fsp3) is 0.571. The van der Waals surface area contributed by atoms with Crippen LogP contribution in [0.15, 0.2) is 23.1 Å². The molecular weight excluding hydrogens is 334 g/mol. The Kier molecular flexibility index (Phi) is 5.75. The molecule has 1 aromatic carbocycles. The fourth-order valence-corrected chi connectivity index (χ4v) is 3.20. The van der Waals surface area contributed by atoms with E-state index in [4.69, 9.17) is 5.14 Å². The van der Waals surface area contributed by atoms with E-state index in [1.54, 1.807) is 0 Å². The minimum atomic E-state index is -3.98. The molecular formula is C14H23N5O4S. The first-order valence-electron chi connectivity index (χ1n) is 7.72. The molecule has 1 aromatic rings. The molecule has 10 heteroatoms. The van der Waals surface area contributed by atoms with E-state index in [1.807, 2.05) is 5.01 Å². The third-order valence-corrected chi connectivity index (χ3v) is 4.68. The van der Waals surface area contributed by atoms with E-state index < -0.39 is 14.9 Å². The quantitative estimate of drug-likeness (QED) is 0.571. The highest BCUT2D eigenvalue weighted by Gasteiger charge is 2.22. The molecule has 1 aliphatic rings. The Labute approximate surface area is 141 Å². The molecule has 1 fully saturated rings. The molecule has 0 spiro atoms. The van der Waals surface area contributed by atoms with Gasteiger partial charge in [-0.25, -0.2) is 18.6 Å². The van der Waals surface area contributed by atoms with Gasteiger partial charge in [0.25, 0.3) is 5.69 Å². The maximum Gasteiger partial charge on any atom is 0.295 e. The lowest BCUT2D eigenvalue weighted by atomic mass is 10.2. The molecule has 24 heavy (non-hydrogen) atoms. The standard InChI is InChI=1S/C14H23N5O4S/c1-11(2)10-17-5-7-18(8-6-17)16-13-4-3-12(24(15,22)23)9-14(13)19(20)21/h3-4,9,11,16H,5-8,10H2,1-2H3,(H2,15,22,23). The lowest BCUT2D eigenvalue weighted by Gasteiger charge is -2.35. The Hall–Kier alpha value is -1.75. The number of nitrogens with zero attached hydrogens (tertiary/aromatic N) is 3. The van der Waals surface area contributed by atoms with Crippen LogP contribution >= 0.6 is 0 Å². The van der Waals surface area contributed by atoms with Crippen molar-refractivity contribution in [2.24, 2.45) is 11.1 Å². The van der Waals surface area contributed by atoms with Gasteiger partial charge in [0.2, 0.25) is 10.0 Å². The average Bonchev–Trinajstić information content (AvgIpc) is 2.47. The topological polar surface area (TPSA) is 122 Å². The van der Waals surface area contributed by atoms with Crippen LogP contribution in [-0.4, -0.2) is 56.0 Å². The molecule has 3 N–H and O–H groups in total. The van der Waals surface area contributed by atoms with Crippen molar-refractivity contribution in [1.82, 2.24) is 9.91 Å². The lowest BCUT2D eigenvalue weighted by molar-refractivity contribution is -0.384. The van der Waals surface area contributed by atoms with Gasteiger partial charge < -0.3 is 10.3 Å². The molecule has 1 heterocycles. The normalized spacial score (nSPS) is 17.2. The summed E-state index contributed by atoms with van der Waals surface area (Å²) in [5, 5.41) is 18.1. The Morgan fingerprint density at radius 1 is 1.29 bits per heavy atom. The molecule has 9 nitrogen and oxygen atoms in total. The van der Waals surface area contributed by atoms with Crippen molar-refractivity contribution in [1.29, 1.82) is 0 Å². The van der Waals surface area contributed by atoms with Crippen molar-refractivity contribution in [3.05, 3.63) is 28.3 Å². The number of nitrogens with one attached hydrogen (secondary N) is 1. The molecule has 0 radical (unpaired) electrons. The van der Waals surface area contributed by atoms with Crippen molar-refractivity contribution < 1.29 is 13.3 Å². The van der Waals surface area contributed by atoms with Crippen LogP contribution in [0.25, 0.3) is 0 Å². The minimum absolute atomic E-state index is 0.254. The van der Waals surface area contributed by atoms with Gasteiger partial charge in [-0.1, -0.05) is 13.8 Å². The van der Waals surface area contributed by atoms with Gasteiger partial charge >= 0.3 is 0 Å². The summed E-state index contributed by atoms with van der Waals surface area (Å²) in [6, 6.07) is 3.62. The number of hydrogen-bond acceptors (Lipinski definition) is 7. The van der Waals surface area contributed by atoms with Gasteiger partial charge in [0, 0.05) is 38.8 Å². The zero-order chi connectivity index (χ0) is 17.9. The second kappa shape index (κ2) is 7.43. The van der Waals surface area contributed by atoms with Crippen LogP contribution in [0.4, 0.5) is 11.4 Å². The molecule has 0 saturated carbocycles. The summed E-state index contributed by atoms with van der Waals surface area (Å²) in [6.07, 6.45) is 0. The first-order valence-corrected chi connectivity index (χ1v) is 9.26. The average molecular weight is 357 g/mol. The van der Waals surface area contributed by atoms with E-state index in [1.165, 1.54) is 12.1 Å². The van der Waals surface area contributed by atoms with Crippen molar-refractivity contribution in [2.45, 2.75) is 18.7 Å². The molecule has 1 saturated heterocycles. The summed E-state index contributed by atoms with van der Waals surface area (Å²) in [7, 11) is -3.98. The summed E-state index contributed by atoms with van der Waals surface area (Å²) >= 11 is 0. The molecule has 0 unspecified atom stereocenters. The summed E-state index contributed by atoms with van der Waals surface area (Å²) in [5.74, 6) is 0.594. The molecule has 0 atom stereocenters. The van der Waals surface area contributed by atoms with E-state index in [9.17, 15) is 18.5 Å². The van der Waals surface area contributed by atoms with E-state index in [0.29, 0.717) is 5.92 Å². The van der Waals surface area contributed by atoms with Crippen LogP contribution in [0, 0.1) is 16.0 Å². The zero-order valence-corrected chi connectivity index (χ0v) is 14.6. The summed E-state index contributed by atoms with van der Waals surface area (Å²) in [6.45, 7) is 8.54. The number of primary sulfonamides is 1. The van der Waals surface area contributed by atoms with Crippen LogP contribution in [0.2, 0.25) is 0 Å². The lowest BCUT2D eigenvalue weighted by Crippen LogP contribution is -2.49. The molecule has 0 aromatic heterocycles. The van der Waals surface area contributed by atoms with Gasteiger partial charge in [-0.05, 0) is 18.1 Å². The minimum Gasteiger partial charge on any atom is -0.313 e. The van der Waals surface area contributed by atoms with Gasteiger partial charge in [-0.3, -0.25) is 10.1 Å². The number of hydrogen-bond donors (Lipinski definition) is 2. The van der Waals surface area contributed by atoms with Gasteiger partial charge in [-0.15, -0.1) is 0 Å². The number of hydrazine groups is 1. The number of sulfonamides is 1. The molecule has 2 rings (SSSR count). The van der Waals surface area contributed by atoms with E-state index in [0.717, 1.165) is 38.8 Å². The molecule has 0 bridgehead atoms. The fourth-order valence-electron chi connectivity index (χ4n) is 2.66. The zero-order valence-electron chi connectivity index (χ0n) is 13.8.